The summed E-state index contributed by atoms with van der Waals surface area (Å²) in [6.07, 6.45) is 7.06. The van der Waals surface area contributed by atoms with Crippen molar-refractivity contribution in [1.29, 1.82) is 0 Å². The highest BCUT2D eigenvalue weighted by atomic mass is 16.3. The highest BCUT2D eigenvalue weighted by Crippen LogP contribution is 2.41. The van der Waals surface area contributed by atoms with E-state index in [9.17, 15) is 5.11 Å². The Labute approximate surface area is 130 Å². The summed E-state index contributed by atoms with van der Waals surface area (Å²) in [6, 6.07) is 10.4. The third kappa shape index (κ3) is 4.08. The van der Waals surface area contributed by atoms with Gasteiger partial charge in [0, 0.05) is 6.54 Å². The lowest BCUT2D eigenvalue weighted by Gasteiger charge is -2.40. The smallest absolute Gasteiger partial charge is 0.0936 e. The average Bonchev–Trinajstić information content (AvgIpc) is 2.57. The molecule has 1 fully saturated rings. The van der Waals surface area contributed by atoms with Crippen LogP contribution in [-0.4, -0.2) is 29.6 Å². The van der Waals surface area contributed by atoms with E-state index in [1.807, 2.05) is 6.07 Å². The second kappa shape index (κ2) is 7.95. The average molecular weight is 289 g/mol. The fourth-order valence-corrected chi connectivity index (χ4v) is 3.76. The molecular formula is C19H31NO. The van der Waals surface area contributed by atoms with Gasteiger partial charge in [-0.3, -0.25) is 0 Å². The SMILES string of the molecule is CCN(CC)CC[C@](O)(c1ccccc1)C1CCCCC1. The van der Waals surface area contributed by atoms with Gasteiger partial charge in [-0.15, -0.1) is 0 Å². The van der Waals surface area contributed by atoms with Gasteiger partial charge < -0.3 is 10.0 Å². The number of nitrogens with zero attached hydrogens (tertiary/aromatic N) is 1. The molecule has 0 radical (unpaired) electrons. The minimum atomic E-state index is -0.649. The molecule has 0 heterocycles. The van der Waals surface area contributed by atoms with E-state index in [1.165, 1.54) is 32.1 Å². The van der Waals surface area contributed by atoms with Crippen LogP contribution in [0, 0.1) is 5.92 Å². The topological polar surface area (TPSA) is 23.5 Å². The zero-order chi connectivity index (χ0) is 15.1. The molecule has 0 amide bonds. The number of hydrogen-bond acceptors (Lipinski definition) is 2. The van der Waals surface area contributed by atoms with Crippen molar-refractivity contribution >= 4 is 0 Å². The number of aliphatic hydroxyl groups is 1. The van der Waals surface area contributed by atoms with E-state index in [-0.39, 0.29) is 0 Å². The molecule has 1 aromatic carbocycles. The molecule has 118 valence electrons. The Morgan fingerprint density at radius 3 is 2.24 bits per heavy atom. The van der Waals surface area contributed by atoms with Crippen LogP contribution in [0.3, 0.4) is 0 Å². The van der Waals surface area contributed by atoms with Crippen LogP contribution in [-0.2, 0) is 5.60 Å². The van der Waals surface area contributed by atoms with Gasteiger partial charge in [-0.05, 0) is 43.8 Å². The van der Waals surface area contributed by atoms with Crippen molar-refractivity contribution in [2.45, 2.75) is 58.0 Å². The molecular weight excluding hydrogens is 258 g/mol. The predicted molar refractivity (Wildman–Crippen MR) is 89.3 cm³/mol. The standard InChI is InChI=1S/C19H31NO/c1-3-20(4-2)16-15-19(21,17-11-7-5-8-12-17)18-13-9-6-10-14-18/h5,7-8,11-12,18,21H,3-4,6,9-10,13-16H2,1-2H3/t19-/m0/s1. The van der Waals surface area contributed by atoms with Crippen molar-refractivity contribution < 1.29 is 5.11 Å². The van der Waals surface area contributed by atoms with Crippen molar-refractivity contribution in [2.24, 2.45) is 5.92 Å². The Morgan fingerprint density at radius 2 is 1.67 bits per heavy atom. The van der Waals surface area contributed by atoms with E-state index in [2.05, 4.69) is 43.0 Å². The fraction of sp³-hybridized carbons (Fsp3) is 0.684. The first-order valence-corrected chi connectivity index (χ1v) is 8.71. The van der Waals surface area contributed by atoms with Crippen molar-refractivity contribution in [3.8, 4) is 0 Å². The van der Waals surface area contributed by atoms with Crippen LogP contribution in [0.4, 0.5) is 0 Å². The summed E-state index contributed by atoms with van der Waals surface area (Å²) < 4.78 is 0. The highest BCUT2D eigenvalue weighted by Gasteiger charge is 2.38. The molecule has 2 rings (SSSR count). The van der Waals surface area contributed by atoms with E-state index in [4.69, 9.17) is 0 Å². The molecule has 2 nitrogen and oxygen atoms in total. The van der Waals surface area contributed by atoms with Crippen molar-refractivity contribution in [3.05, 3.63) is 35.9 Å². The lowest BCUT2D eigenvalue weighted by Crippen LogP contribution is -2.40. The Hall–Kier alpha value is -0.860. The first-order chi connectivity index (χ1) is 10.2. The molecule has 0 bridgehead atoms. The van der Waals surface area contributed by atoms with Gasteiger partial charge in [0.2, 0.25) is 0 Å². The van der Waals surface area contributed by atoms with Gasteiger partial charge >= 0.3 is 0 Å². The molecule has 1 aliphatic carbocycles. The Kier molecular flexibility index (Phi) is 6.25. The summed E-state index contributed by atoms with van der Waals surface area (Å²) in [7, 11) is 0. The number of benzene rings is 1. The minimum absolute atomic E-state index is 0.421. The third-order valence-corrected chi connectivity index (χ3v) is 5.26. The summed E-state index contributed by atoms with van der Waals surface area (Å²) in [5, 5.41) is 11.5. The molecule has 1 atom stereocenters. The lowest BCUT2D eigenvalue weighted by atomic mass is 9.71. The van der Waals surface area contributed by atoms with Gasteiger partial charge in [-0.25, -0.2) is 0 Å². The predicted octanol–water partition coefficient (Wildman–Crippen LogP) is 4.19. The molecule has 0 aliphatic heterocycles. The van der Waals surface area contributed by atoms with Crippen LogP contribution in [0.1, 0.15) is 57.9 Å². The van der Waals surface area contributed by atoms with Crippen LogP contribution in [0.15, 0.2) is 30.3 Å². The maximum atomic E-state index is 11.5. The van der Waals surface area contributed by atoms with Gasteiger partial charge in [-0.2, -0.15) is 0 Å². The summed E-state index contributed by atoms with van der Waals surface area (Å²) >= 11 is 0. The zero-order valence-electron chi connectivity index (χ0n) is 13.7. The summed E-state index contributed by atoms with van der Waals surface area (Å²) in [6.45, 7) is 7.50. The van der Waals surface area contributed by atoms with Crippen LogP contribution in [0.2, 0.25) is 0 Å². The van der Waals surface area contributed by atoms with Crippen molar-refractivity contribution in [3.63, 3.8) is 0 Å². The third-order valence-electron chi connectivity index (χ3n) is 5.26. The Morgan fingerprint density at radius 1 is 1.05 bits per heavy atom. The largest absolute Gasteiger partial charge is 0.385 e. The quantitative estimate of drug-likeness (QED) is 0.813. The fourth-order valence-electron chi connectivity index (χ4n) is 3.76. The summed E-state index contributed by atoms with van der Waals surface area (Å²) in [5.41, 5.74) is 0.466. The van der Waals surface area contributed by atoms with E-state index in [0.717, 1.165) is 31.6 Å². The molecule has 0 spiro atoms. The molecule has 1 N–H and O–H groups in total. The van der Waals surface area contributed by atoms with Crippen LogP contribution < -0.4 is 0 Å². The molecule has 0 aromatic heterocycles. The van der Waals surface area contributed by atoms with E-state index < -0.39 is 5.60 Å². The number of rotatable bonds is 7. The Balaban J connectivity index is 2.17. The van der Waals surface area contributed by atoms with E-state index in [1.54, 1.807) is 0 Å². The lowest BCUT2D eigenvalue weighted by molar-refractivity contribution is -0.0516. The normalized spacial score (nSPS) is 19.6. The van der Waals surface area contributed by atoms with Crippen molar-refractivity contribution in [2.75, 3.05) is 19.6 Å². The van der Waals surface area contributed by atoms with Gasteiger partial charge in [0.1, 0.15) is 0 Å². The van der Waals surface area contributed by atoms with Gasteiger partial charge in [0.05, 0.1) is 5.60 Å². The first kappa shape index (κ1) is 16.5. The minimum Gasteiger partial charge on any atom is -0.385 e. The maximum absolute atomic E-state index is 11.5. The molecule has 21 heavy (non-hydrogen) atoms. The van der Waals surface area contributed by atoms with Crippen LogP contribution >= 0.6 is 0 Å². The molecule has 1 aliphatic rings. The summed E-state index contributed by atoms with van der Waals surface area (Å²) in [5.74, 6) is 0.421. The Bertz CT molecular complexity index is 395. The van der Waals surface area contributed by atoms with Crippen LogP contribution in [0.5, 0.6) is 0 Å². The second-order valence-corrected chi connectivity index (χ2v) is 6.40. The zero-order valence-corrected chi connectivity index (χ0v) is 13.7. The monoisotopic (exact) mass is 289 g/mol. The van der Waals surface area contributed by atoms with Gasteiger partial charge in [-0.1, -0.05) is 63.4 Å². The van der Waals surface area contributed by atoms with E-state index >= 15 is 0 Å². The van der Waals surface area contributed by atoms with Crippen LogP contribution in [0.25, 0.3) is 0 Å². The second-order valence-electron chi connectivity index (χ2n) is 6.40. The molecule has 0 saturated heterocycles. The van der Waals surface area contributed by atoms with Gasteiger partial charge in [0.25, 0.3) is 0 Å². The number of hydrogen-bond donors (Lipinski definition) is 1. The summed E-state index contributed by atoms with van der Waals surface area (Å²) in [4.78, 5) is 2.41. The highest BCUT2D eigenvalue weighted by molar-refractivity contribution is 5.23. The van der Waals surface area contributed by atoms with Gasteiger partial charge in [0.15, 0.2) is 0 Å². The first-order valence-electron chi connectivity index (χ1n) is 8.71. The molecule has 1 aromatic rings. The molecule has 0 unspecified atom stereocenters. The van der Waals surface area contributed by atoms with E-state index in [0.29, 0.717) is 5.92 Å². The molecule has 2 heteroatoms. The van der Waals surface area contributed by atoms with Crippen molar-refractivity contribution in [1.82, 2.24) is 4.90 Å². The molecule has 1 saturated carbocycles. The maximum Gasteiger partial charge on any atom is 0.0936 e.